The summed E-state index contributed by atoms with van der Waals surface area (Å²) in [6.45, 7) is 2.02. The number of aromatic nitrogens is 1. The molecule has 0 fully saturated rings. The van der Waals surface area contributed by atoms with Gasteiger partial charge >= 0.3 is 0 Å². The second kappa shape index (κ2) is 6.11. The molecule has 23 heavy (non-hydrogen) atoms. The molecule has 0 radical (unpaired) electrons. The first kappa shape index (κ1) is 15.1. The van der Waals surface area contributed by atoms with Crippen LogP contribution in [-0.4, -0.2) is 12.1 Å². The number of anilines is 1. The molecule has 0 saturated carbocycles. The van der Waals surface area contributed by atoms with Gasteiger partial charge in [0.2, 0.25) is 0 Å². The zero-order chi connectivity index (χ0) is 16.4. The number of ether oxygens (including phenoxy) is 1. The Labute approximate surface area is 138 Å². The van der Waals surface area contributed by atoms with Crippen molar-refractivity contribution < 1.29 is 4.74 Å². The van der Waals surface area contributed by atoms with Crippen LogP contribution in [0.15, 0.2) is 41.8 Å². The van der Waals surface area contributed by atoms with Gasteiger partial charge in [0.15, 0.2) is 0 Å². The fourth-order valence-electron chi connectivity index (χ4n) is 2.42. The topological polar surface area (TPSA) is 71.9 Å². The summed E-state index contributed by atoms with van der Waals surface area (Å²) >= 11 is 1.60. The monoisotopic (exact) mass is 321 g/mol. The largest absolute Gasteiger partial charge is 0.497 e. The van der Waals surface area contributed by atoms with E-state index in [4.69, 9.17) is 10.5 Å². The quantitative estimate of drug-likeness (QED) is 0.783. The number of nitrogens with zero attached hydrogens (tertiary/aromatic N) is 2. The predicted octanol–water partition coefficient (Wildman–Crippen LogP) is 4.25. The Morgan fingerprint density at radius 1 is 1.22 bits per heavy atom. The number of benzene rings is 1. The number of hydrogen-bond acceptors (Lipinski definition) is 5. The summed E-state index contributed by atoms with van der Waals surface area (Å²) in [5, 5.41) is 11.4. The van der Waals surface area contributed by atoms with E-state index in [-0.39, 0.29) is 5.82 Å². The van der Waals surface area contributed by atoms with E-state index in [0.29, 0.717) is 5.56 Å². The molecule has 0 bridgehead atoms. The zero-order valence-electron chi connectivity index (χ0n) is 12.8. The van der Waals surface area contributed by atoms with Crippen molar-refractivity contribution in [2.45, 2.75) is 6.92 Å². The molecular formula is C18H15N3OS. The number of hydrogen-bond donors (Lipinski definition) is 1. The van der Waals surface area contributed by atoms with Gasteiger partial charge in [0, 0.05) is 16.0 Å². The van der Waals surface area contributed by atoms with Crippen LogP contribution in [0, 0.1) is 18.3 Å². The molecule has 2 aromatic heterocycles. The minimum Gasteiger partial charge on any atom is -0.497 e. The first-order valence-corrected chi connectivity index (χ1v) is 7.91. The van der Waals surface area contributed by atoms with Gasteiger partial charge in [-0.1, -0.05) is 0 Å². The molecule has 2 N–H and O–H groups in total. The highest BCUT2D eigenvalue weighted by molar-refractivity contribution is 7.13. The van der Waals surface area contributed by atoms with E-state index in [1.807, 2.05) is 48.7 Å². The summed E-state index contributed by atoms with van der Waals surface area (Å²) in [5.41, 5.74) is 10.1. The van der Waals surface area contributed by atoms with Crippen LogP contribution in [0.2, 0.25) is 0 Å². The van der Waals surface area contributed by atoms with Crippen molar-refractivity contribution in [1.82, 2.24) is 4.98 Å². The maximum absolute atomic E-state index is 9.44. The van der Waals surface area contributed by atoms with Crippen LogP contribution in [0.5, 0.6) is 5.75 Å². The van der Waals surface area contributed by atoms with Crippen molar-refractivity contribution in [1.29, 1.82) is 5.26 Å². The zero-order valence-corrected chi connectivity index (χ0v) is 13.6. The van der Waals surface area contributed by atoms with Gasteiger partial charge in [-0.2, -0.15) is 5.26 Å². The first-order chi connectivity index (χ1) is 11.1. The molecule has 0 aliphatic rings. The summed E-state index contributed by atoms with van der Waals surface area (Å²) < 4.78 is 5.18. The van der Waals surface area contributed by atoms with Crippen LogP contribution in [0.3, 0.4) is 0 Å². The van der Waals surface area contributed by atoms with E-state index in [9.17, 15) is 5.26 Å². The average molecular weight is 321 g/mol. The molecule has 114 valence electrons. The van der Waals surface area contributed by atoms with Crippen molar-refractivity contribution in [3.63, 3.8) is 0 Å². The highest BCUT2D eigenvalue weighted by atomic mass is 32.1. The van der Waals surface area contributed by atoms with Crippen LogP contribution in [-0.2, 0) is 0 Å². The van der Waals surface area contributed by atoms with Gasteiger partial charge in [0.1, 0.15) is 23.2 Å². The lowest BCUT2D eigenvalue weighted by Crippen LogP contribution is -1.99. The smallest absolute Gasteiger partial charge is 0.142 e. The van der Waals surface area contributed by atoms with Crippen LogP contribution in [0.4, 0.5) is 5.82 Å². The number of nitrogen functional groups attached to an aromatic ring is 1. The second-order valence-electron chi connectivity index (χ2n) is 5.09. The molecular weight excluding hydrogens is 306 g/mol. The standard InChI is InChI=1S/C18H15N3OS/c1-11-7-8-23-17(11)14-9-16(21-18(20)15(14)10-19)12-3-5-13(22-2)6-4-12/h3-9H,1-2H3,(H2,20,21). The highest BCUT2D eigenvalue weighted by Gasteiger charge is 2.15. The second-order valence-corrected chi connectivity index (χ2v) is 6.00. The molecule has 0 aliphatic heterocycles. The lowest BCUT2D eigenvalue weighted by molar-refractivity contribution is 0.415. The Morgan fingerprint density at radius 2 is 1.96 bits per heavy atom. The molecule has 2 heterocycles. The predicted molar refractivity (Wildman–Crippen MR) is 93.4 cm³/mol. The third kappa shape index (κ3) is 2.77. The maximum atomic E-state index is 9.44. The van der Waals surface area contributed by atoms with Crippen LogP contribution in [0.1, 0.15) is 11.1 Å². The Kier molecular flexibility index (Phi) is 4.00. The molecule has 0 amide bonds. The third-order valence-electron chi connectivity index (χ3n) is 3.65. The number of methoxy groups -OCH3 is 1. The SMILES string of the molecule is COc1ccc(-c2cc(-c3sccc3C)c(C#N)c(N)n2)cc1. The molecule has 0 aliphatic carbocycles. The van der Waals surface area contributed by atoms with E-state index in [1.54, 1.807) is 18.4 Å². The van der Waals surface area contributed by atoms with Crippen molar-refractivity contribution in [2.24, 2.45) is 0 Å². The minimum absolute atomic E-state index is 0.253. The van der Waals surface area contributed by atoms with Crippen molar-refractivity contribution in [2.75, 3.05) is 12.8 Å². The normalized spacial score (nSPS) is 10.3. The van der Waals surface area contributed by atoms with Crippen molar-refractivity contribution >= 4 is 17.2 Å². The third-order valence-corrected chi connectivity index (χ3v) is 4.70. The molecule has 0 saturated heterocycles. The Balaban J connectivity index is 2.18. The summed E-state index contributed by atoms with van der Waals surface area (Å²) in [6.07, 6.45) is 0. The molecule has 1 aromatic carbocycles. The Morgan fingerprint density at radius 3 is 2.52 bits per heavy atom. The van der Waals surface area contributed by atoms with Gasteiger partial charge in [-0.25, -0.2) is 4.98 Å². The van der Waals surface area contributed by atoms with E-state index in [0.717, 1.165) is 33.0 Å². The minimum atomic E-state index is 0.253. The van der Waals surface area contributed by atoms with Gasteiger partial charge in [-0.15, -0.1) is 11.3 Å². The summed E-state index contributed by atoms with van der Waals surface area (Å²) in [7, 11) is 1.63. The average Bonchev–Trinajstić information content (AvgIpc) is 3.00. The molecule has 3 rings (SSSR count). The summed E-state index contributed by atoms with van der Waals surface area (Å²) in [4.78, 5) is 5.44. The lowest BCUT2D eigenvalue weighted by atomic mass is 10.0. The molecule has 0 atom stereocenters. The first-order valence-electron chi connectivity index (χ1n) is 7.03. The van der Waals surface area contributed by atoms with Gasteiger partial charge in [-0.05, 0) is 54.3 Å². The van der Waals surface area contributed by atoms with Crippen molar-refractivity contribution in [3.8, 4) is 33.5 Å². The fraction of sp³-hybridized carbons (Fsp3) is 0.111. The van der Waals surface area contributed by atoms with Gasteiger partial charge < -0.3 is 10.5 Å². The number of nitriles is 1. The van der Waals surface area contributed by atoms with Gasteiger partial charge in [0.25, 0.3) is 0 Å². The van der Waals surface area contributed by atoms with E-state index >= 15 is 0 Å². The van der Waals surface area contributed by atoms with E-state index < -0.39 is 0 Å². The van der Waals surface area contributed by atoms with Crippen LogP contribution >= 0.6 is 11.3 Å². The van der Waals surface area contributed by atoms with Crippen LogP contribution in [0.25, 0.3) is 21.7 Å². The number of nitrogens with two attached hydrogens (primary N) is 1. The fourth-order valence-corrected chi connectivity index (χ4v) is 3.37. The molecule has 0 unspecified atom stereocenters. The van der Waals surface area contributed by atoms with E-state index in [1.165, 1.54) is 0 Å². The Bertz CT molecular complexity index is 892. The Hall–Kier alpha value is -2.84. The number of rotatable bonds is 3. The number of thiophene rings is 1. The van der Waals surface area contributed by atoms with Crippen LogP contribution < -0.4 is 10.5 Å². The molecule has 4 nitrogen and oxygen atoms in total. The summed E-state index contributed by atoms with van der Waals surface area (Å²) in [5.74, 6) is 1.04. The van der Waals surface area contributed by atoms with E-state index in [2.05, 4.69) is 11.1 Å². The molecule has 3 aromatic rings. The lowest BCUT2D eigenvalue weighted by Gasteiger charge is -2.10. The number of pyridine rings is 1. The van der Waals surface area contributed by atoms with Crippen molar-refractivity contribution in [3.05, 3.63) is 52.9 Å². The molecule has 5 heteroatoms. The highest BCUT2D eigenvalue weighted by Crippen LogP contribution is 2.36. The van der Waals surface area contributed by atoms with Gasteiger partial charge in [0.05, 0.1) is 12.8 Å². The van der Waals surface area contributed by atoms with Gasteiger partial charge in [-0.3, -0.25) is 0 Å². The number of aryl methyl sites for hydroxylation is 1. The summed E-state index contributed by atoms with van der Waals surface area (Å²) in [6, 6.07) is 13.7. The molecule has 0 spiro atoms. The maximum Gasteiger partial charge on any atom is 0.142 e.